The average Bonchev–Trinajstić information content (AvgIpc) is 2.70. The van der Waals surface area contributed by atoms with Gasteiger partial charge in [0.1, 0.15) is 5.01 Å². The average molecular weight is 214 g/mol. The third-order valence-electron chi connectivity index (χ3n) is 1.62. The number of nitrogens with zero attached hydrogens (tertiary/aromatic N) is 2. The Bertz CT molecular complexity index is 320. The third-order valence-corrected chi connectivity index (χ3v) is 3.24. The lowest BCUT2D eigenvalue weighted by Gasteiger charge is -2.09. The maximum absolute atomic E-state index is 11.2. The maximum Gasteiger partial charge on any atom is 0.289 e. The van der Waals surface area contributed by atoms with Crippen LogP contribution in [0.1, 0.15) is 5.01 Å². The zero-order valence-electron chi connectivity index (χ0n) is 6.60. The van der Waals surface area contributed by atoms with Crippen molar-refractivity contribution in [3.8, 4) is 0 Å². The fraction of sp³-hybridized carbons (Fsp3) is 0.286. The fourth-order valence-corrected chi connectivity index (χ4v) is 2.33. The molecule has 1 aliphatic rings. The summed E-state index contributed by atoms with van der Waals surface area (Å²) in [5.41, 5.74) is 0. The van der Waals surface area contributed by atoms with E-state index in [1.54, 1.807) is 6.20 Å². The van der Waals surface area contributed by atoms with Crippen molar-refractivity contribution in [2.45, 2.75) is 6.54 Å². The SMILES string of the molecule is O=C1CSC(=O)N1Cc1nccs1. The van der Waals surface area contributed by atoms with Gasteiger partial charge < -0.3 is 0 Å². The van der Waals surface area contributed by atoms with E-state index in [-0.39, 0.29) is 16.9 Å². The Labute approximate surface area is 83.0 Å². The number of rotatable bonds is 2. The number of hydrogen-bond acceptors (Lipinski definition) is 5. The van der Waals surface area contributed by atoms with Crippen LogP contribution < -0.4 is 0 Å². The van der Waals surface area contributed by atoms with Crippen molar-refractivity contribution in [1.82, 2.24) is 9.88 Å². The number of thiazole rings is 1. The highest BCUT2D eigenvalue weighted by Gasteiger charge is 2.30. The molecule has 1 aliphatic heterocycles. The molecular weight excluding hydrogens is 208 g/mol. The molecular formula is C7H6N2O2S2. The van der Waals surface area contributed by atoms with E-state index in [0.717, 1.165) is 16.8 Å². The first-order valence-corrected chi connectivity index (χ1v) is 5.49. The van der Waals surface area contributed by atoms with Crippen molar-refractivity contribution in [1.29, 1.82) is 0 Å². The molecule has 0 saturated carbocycles. The van der Waals surface area contributed by atoms with Gasteiger partial charge in [-0.3, -0.25) is 14.5 Å². The van der Waals surface area contributed by atoms with Gasteiger partial charge in [0, 0.05) is 11.6 Å². The van der Waals surface area contributed by atoms with E-state index in [9.17, 15) is 9.59 Å². The predicted molar refractivity (Wildman–Crippen MR) is 50.5 cm³/mol. The minimum Gasteiger partial charge on any atom is -0.273 e. The van der Waals surface area contributed by atoms with Gasteiger partial charge in [0.25, 0.3) is 5.24 Å². The van der Waals surface area contributed by atoms with Crippen LogP contribution in [0.2, 0.25) is 0 Å². The molecule has 2 amide bonds. The molecule has 68 valence electrons. The van der Waals surface area contributed by atoms with Crippen LogP contribution in [-0.2, 0) is 11.3 Å². The van der Waals surface area contributed by atoms with E-state index >= 15 is 0 Å². The third kappa shape index (κ3) is 1.73. The van der Waals surface area contributed by atoms with Crippen molar-refractivity contribution >= 4 is 34.2 Å². The van der Waals surface area contributed by atoms with Crippen LogP contribution in [0, 0.1) is 0 Å². The highest BCUT2D eigenvalue weighted by Crippen LogP contribution is 2.21. The Morgan fingerprint density at radius 2 is 2.38 bits per heavy atom. The molecule has 2 rings (SSSR count). The highest BCUT2D eigenvalue weighted by atomic mass is 32.2. The normalized spacial score (nSPS) is 17.1. The number of imide groups is 1. The molecule has 0 aromatic carbocycles. The Morgan fingerprint density at radius 3 is 2.92 bits per heavy atom. The fourth-order valence-electron chi connectivity index (χ4n) is 1.00. The molecule has 4 nitrogen and oxygen atoms in total. The summed E-state index contributed by atoms with van der Waals surface area (Å²) in [6.45, 7) is 0.322. The standard InChI is InChI=1S/C7H6N2O2S2/c10-6-4-13-7(11)9(6)3-5-8-1-2-12-5/h1-2H,3-4H2. The quantitative estimate of drug-likeness (QED) is 0.745. The maximum atomic E-state index is 11.2. The van der Waals surface area contributed by atoms with Crippen LogP contribution in [0.3, 0.4) is 0 Å². The molecule has 0 atom stereocenters. The van der Waals surface area contributed by atoms with Crippen LogP contribution in [0.5, 0.6) is 0 Å². The van der Waals surface area contributed by atoms with Gasteiger partial charge in [0.05, 0.1) is 12.3 Å². The monoisotopic (exact) mass is 214 g/mol. The number of hydrogen-bond donors (Lipinski definition) is 0. The van der Waals surface area contributed by atoms with Gasteiger partial charge in [-0.25, -0.2) is 4.98 Å². The summed E-state index contributed by atoms with van der Waals surface area (Å²) in [5.74, 6) is 0.148. The second-order valence-electron chi connectivity index (χ2n) is 2.46. The number of carbonyl (C=O) groups is 2. The Balaban J connectivity index is 2.09. The smallest absolute Gasteiger partial charge is 0.273 e. The molecule has 1 fully saturated rings. The van der Waals surface area contributed by atoms with Crippen molar-refractivity contribution in [2.75, 3.05) is 5.75 Å². The Kier molecular flexibility index (Phi) is 2.32. The van der Waals surface area contributed by atoms with Gasteiger partial charge in [-0.05, 0) is 0 Å². The first-order valence-electron chi connectivity index (χ1n) is 3.63. The molecule has 1 aromatic rings. The topological polar surface area (TPSA) is 50.3 Å². The molecule has 0 aliphatic carbocycles. The second kappa shape index (κ2) is 3.47. The first-order chi connectivity index (χ1) is 6.27. The number of aromatic nitrogens is 1. The lowest BCUT2D eigenvalue weighted by molar-refractivity contribution is -0.125. The highest BCUT2D eigenvalue weighted by molar-refractivity contribution is 8.14. The summed E-state index contributed by atoms with van der Waals surface area (Å²) in [6.07, 6.45) is 1.66. The zero-order chi connectivity index (χ0) is 9.26. The molecule has 0 unspecified atom stereocenters. The van der Waals surface area contributed by atoms with E-state index in [2.05, 4.69) is 4.98 Å². The van der Waals surface area contributed by atoms with Crippen LogP contribution >= 0.6 is 23.1 Å². The van der Waals surface area contributed by atoms with Gasteiger partial charge >= 0.3 is 0 Å². The van der Waals surface area contributed by atoms with Crippen LogP contribution in [0.4, 0.5) is 4.79 Å². The van der Waals surface area contributed by atoms with Crippen molar-refractivity contribution in [2.24, 2.45) is 0 Å². The molecule has 0 radical (unpaired) electrons. The lowest BCUT2D eigenvalue weighted by atomic mass is 10.5. The van der Waals surface area contributed by atoms with E-state index in [1.807, 2.05) is 5.38 Å². The number of carbonyl (C=O) groups excluding carboxylic acids is 2. The van der Waals surface area contributed by atoms with Gasteiger partial charge in [0.15, 0.2) is 0 Å². The summed E-state index contributed by atoms with van der Waals surface area (Å²) in [7, 11) is 0. The Hall–Kier alpha value is -0.880. The van der Waals surface area contributed by atoms with E-state index in [1.165, 1.54) is 16.2 Å². The molecule has 2 heterocycles. The van der Waals surface area contributed by atoms with Crippen LogP contribution in [-0.4, -0.2) is 26.8 Å². The van der Waals surface area contributed by atoms with Crippen molar-refractivity contribution in [3.05, 3.63) is 16.6 Å². The minimum atomic E-state index is -0.166. The Morgan fingerprint density at radius 1 is 1.54 bits per heavy atom. The summed E-state index contributed by atoms with van der Waals surface area (Å²) < 4.78 is 0. The minimum absolute atomic E-state index is 0.120. The second-order valence-corrected chi connectivity index (χ2v) is 4.37. The van der Waals surface area contributed by atoms with Gasteiger partial charge in [0.2, 0.25) is 5.91 Å². The van der Waals surface area contributed by atoms with Gasteiger partial charge in [-0.1, -0.05) is 11.8 Å². The summed E-state index contributed by atoms with van der Waals surface area (Å²) in [4.78, 5) is 27.6. The summed E-state index contributed by atoms with van der Waals surface area (Å²) >= 11 is 2.50. The molecule has 0 bridgehead atoms. The summed E-state index contributed by atoms with van der Waals surface area (Å²) in [6, 6.07) is 0. The molecule has 0 N–H and O–H groups in total. The lowest BCUT2D eigenvalue weighted by Crippen LogP contribution is -2.27. The number of thioether (sulfide) groups is 1. The first kappa shape index (κ1) is 8.71. The van der Waals surface area contributed by atoms with Crippen LogP contribution in [0.25, 0.3) is 0 Å². The van der Waals surface area contributed by atoms with E-state index in [0.29, 0.717) is 6.54 Å². The van der Waals surface area contributed by atoms with Gasteiger partial charge in [-0.2, -0.15) is 0 Å². The van der Waals surface area contributed by atoms with Gasteiger partial charge in [-0.15, -0.1) is 11.3 Å². The summed E-state index contributed by atoms with van der Waals surface area (Å²) in [5, 5.41) is 2.46. The molecule has 0 spiro atoms. The van der Waals surface area contributed by atoms with Crippen molar-refractivity contribution in [3.63, 3.8) is 0 Å². The molecule has 13 heavy (non-hydrogen) atoms. The predicted octanol–water partition coefficient (Wildman–Crippen LogP) is 1.34. The molecule has 1 aromatic heterocycles. The zero-order valence-corrected chi connectivity index (χ0v) is 8.23. The van der Waals surface area contributed by atoms with Crippen molar-refractivity contribution < 1.29 is 9.59 Å². The van der Waals surface area contributed by atoms with E-state index < -0.39 is 0 Å². The number of amides is 2. The molecule has 6 heteroatoms. The molecule has 1 saturated heterocycles. The van der Waals surface area contributed by atoms with Crippen LogP contribution in [0.15, 0.2) is 11.6 Å². The largest absolute Gasteiger partial charge is 0.289 e. The van der Waals surface area contributed by atoms with E-state index in [4.69, 9.17) is 0 Å².